The third kappa shape index (κ3) is 6.53. The highest BCUT2D eigenvalue weighted by Crippen LogP contribution is 2.33. The van der Waals surface area contributed by atoms with Crippen LogP contribution in [0.4, 0.5) is 0 Å². The van der Waals surface area contributed by atoms with Crippen molar-refractivity contribution in [3.05, 3.63) is 16.1 Å². The Morgan fingerprint density at radius 3 is 2.64 bits per heavy atom. The predicted molar refractivity (Wildman–Crippen MR) is 128 cm³/mol. The number of morpholine rings is 1. The van der Waals surface area contributed by atoms with Crippen molar-refractivity contribution in [2.75, 3.05) is 46.4 Å². The van der Waals surface area contributed by atoms with E-state index >= 15 is 0 Å². The fourth-order valence-electron chi connectivity index (χ4n) is 4.26. The van der Waals surface area contributed by atoms with E-state index in [-0.39, 0.29) is 29.5 Å². The summed E-state index contributed by atoms with van der Waals surface area (Å²) < 4.78 is 5.58. The smallest absolute Gasteiger partial charge is 0.191 e. The van der Waals surface area contributed by atoms with Crippen molar-refractivity contribution in [1.82, 2.24) is 20.5 Å². The predicted octanol–water partition coefficient (Wildman–Crippen LogP) is 3.07. The van der Waals surface area contributed by atoms with E-state index in [2.05, 4.69) is 37.8 Å². The van der Waals surface area contributed by atoms with Gasteiger partial charge in [0.05, 0.1) is 23.9 Å². The van der Waals surface area contributed by atoms with Gasteiger partial charge in [0.1, 0.15) is 0 Å². The van der Waals surface area contributed by atoms with E-state index in [0.29, 0.717) is 0 Å². The number of aromatic nitrogens is 1. The fraction of sp³-hybridized carbons (Fsp3) is 0.800. The van der Waals surface area contributed by atoms with E-state index in [9.17, 15) is 0 Å². The number of thiazole rings is 1. The Bertz CT molecular complexity index is 597. The first-order valence-electron chi connectivity index (χ1n) is 10.5. The molecule has 0 aromatic carbocycles. The van der Waals surface area contributed by atoms with E-state index in [1.165, 1.54) is 42.8 Å². The highest BCUT2D eigenvalue weighted by Gasteiger charge is 2.38. The molecule has 8 heteroatoms. The number of ether oxygens (including phenoxy) is 1. The molecule has 6 nitrogen and oxygen atoms in total. The summed E-state index contributed by atoms with van der Waals surface area (Å²) in [6.07, 6.45) is 8.53. The Morgan fingerprint density at radius 1 is 1.25 bits per heavy atom. The Kier molecular flexibility index (Phi) is 10.5. The minimum Gasteiger partial charge on any atom is -0.379 e. The molecule has 1 aromatic rings. The highest BCUT2D eigenvalue weighted by molar-refractivity contribution is 14.0. The topological polar surface area (TPSA) is 61.8 Å². The molecular formula is C20H36IN5OS. The molecule has 2 N–H and O–H groups in total. The molecule has 2 aliphatic rings. The molecule has 2 heterocycles. The van der Waals surface area contributed by atoms with Crippen molar-refractivity contribution >= 4 is 41.3 Å². The van der Waals surface area contributed by atoms with Gasteiger partial charge < -0.3 is 15.4 Å². The van der Waals surface area contributed by atoms with Crippen LogP contribution in [-0.2, 0) is 17.6 Å². The molecule has 0 amide bonds. The van der Waals surface area contributed by atoms with Crippen LogP contribution in [0.3, 0.4) is 0 Å². The summed E-state index contributed by atoms with van der Waals surface area (Å²) >= 11 is 1.76. The zero-order valence-corrected chi connectivity index (χ0v) is 20.5. The average Bonchev–Trinajstić information content (AvgIpc) is 3.20. The number of halogens is 1. The number of nitrogens with one attached hydrogen (secondary N) is 2. The van der Waals surface area contributed by atoms with Gasteiger partial charge in [-0.05, 0) is 19.3 Å². The molecule has 160 valence electrons. The Labute approximate surface area is 190 Å². The number of guanidine groups is 1. The number of hydrogen-bond acceptors (Lipinski definition) is 5. The second-order valence-electron chi connectivity index (χ2n) is 7.57. The number of rotatable bonds is 7. The molecule has 1 aromatic heterocycles. The van der Waals surface area contributed by atoms with Crippen LogP contribution < -0.4 is 10.6 Å². The molecule has 1 aliphatic carbocycles. The lowest BCUT2D eigenvalue weighted by atomic mass is 9.80. The van der Waals surface area contributed by atoms with Crippen molar-refractivity contribution in [2.24, 2.45) is 4.99 Å². The summed E-state index contributed by atoms with van der Waals surface area (Å²) in [5.74, 6) is 0.902. The molecule has 0 unspecified atom stereocenters. The monoisotopic (exact) mass is 521 g/mol. The van der Waals surface area contributed by atoms with Gasteiger partial charge in [-0.3, -0.25) is 9.89 Å². The van der Waals surface area contributed by atoms with E-state index in [1.807, 2.05) is 7.05 Å². The lowest BCUT2D eigenvalue weighted by molar-refractivity contribution is -0.0352. The normalized spacial score (nSPS) is 20.4. The van der Waals surface area contributed by atoms with Crippen molar-refractivity contribution in [2.45, 2.75) is 57.4 Å². The number of aliphatic imine (C=N–C) groups is 1. The van der Waals surface area contributed by atoms with Crippen LogP contribution in [0.2, 0.25) is 0 Å². The third-order valence-electron chi connectivity index (χ3n) is 5.85. The molecule has 28 heavy (non-hydrogen) atoms. The second-order valence-corrected chi connectivity index (χ2v) is 8.52. The molecule has 0 atom stereocenters. The molecule has 0 bridgehead atoms. The molecule has 2 fully saturated rings. The van der Waals surface area contributed by atoms with Gasteiger partial charge in [-0.25, -0.2) is 4.98 Å². The lowest BCUT2D eigenvalue weighted by Crippen LogP contribution is -2.60. The third-order valence-corrected chi connectivity index (χ3v) is 6.89. The first-order chi connectivity index (χ1) is 13.3. The average molecular weight is 522 g/mol. The van der Waals surface area contributed by atoms with Crippen molar-refractivity contribution in [3.63, 3.8) is 0 Å². The van der Waals surface area contributed by atoms with Crippen LogP contribution in [-0.4, -0.2) is 67.8 Å². The standard InChI is InChI=1S/C20H35N5OS.HI/c1-3-18-24-17(15-27-18)7-10-22-19(21-2)23-16-20(8-5-4-6-9-20)25-11-13-26-14-12-25;/h15H,3-14,16H2,1-2H3,(H2,21,22,23);1H. The molecule has 3 rings (SSSR count). The first kappa shape index (κ1) is 23.8. The van der Waals surface area contributed by atoms with Crippen LogP contribution in [0.15, 0.2) is 10.4 Å². The number of nitrogens with zero attached hydrogens (tertiary/aromatic N) is 3. The Hall–Kier alpha value is -0.450. The van der Waals surface area contributed by atoms with Gasteiger partial charge in [0.25, 0.3) is 0 Å². The van der Waals surface area contributed by atoms with Crippen LogP contribution in [0.5, 0.6) is 0 Å². The minimum atomic E-state index is 0. The SMILES string of the molecule is CCc1nc(CCNC(=NC)NCC2(N3CCOCC3)CCCCC2)cs1.I. The highest BCUT2D eigenvalue weighted by atomic mass is 127. The quantitative estimate of drug-likeness (QED) is 0.328. The maximum Gasteiger partial charge on any atom is 0.191 e. The van der Waals surface area contributed by atoms with Gasteiger partial charge in [-0.2, -0.15) is 0 Å². The summed E-state index contributed by atoms with van der Waals surface area (Å²) in [6, 6.07) is 0. The maximum absolute atomic E-state index is 5.58. The van der Waals surface area contributed by atoms with Crippen molar-refractivity contribution in [3.8, 4) is 0 Å². The summed E-state index contributed by atoms with van der Waals surface area (Å²) in [7, 11) is 1.86. The summed E-state index contributed by atoms with van der Waals surface area (Å²) in [6.45, 7) is 7.81. The van der Waals surface area contributed by atoms with Crippen LogP contribution in [0.25, 0.3) is 0 Å². The minimum absolute atomic E-state index is 0. The van der Waals surface area contributed by atoms with Gasteiger partial charge >= 0.3 is 0 Å². The zero-order chi connectivity index (χ0) is 19.0. The van der Waals surface area contributed by atoms with E-state index in [1.54, 1.807) is 11.3 Å². The molecule has 0 spiro atoms. The van der Waals surface area contributed by atoms with Crippen molar-refractivity contribution < 1.29 is 4.74 Å². The Morgan fingerprint density at radius 2 is 2.00 bits per heavy atom. The Balaban J connectivity index is 0.00000280. The molecule has 0 radical (unpaired) electrons. The summed E-state index contributed by atoms with van der Waals surface area (Å²) in [5.41, 5.74) is 1.43. The van der Waals surface area contributed by atoms with E-state index in [4.69, 9.17) is 4.74 Å². The van der Waals surface area contributed by atoms with Gasteiger partial charge in [-0.1, -0.05) is 26.2 Å². The van der Waals surface area contributed by atoms with E-state index in [0.717, 1.165) is 58.2 Å². The molecule has 1 aliphatic heterocycles. The summed E-state index contributed by atoms with van der Waals surface area (Å²) in [4.78, 5) is 11.7. The van der Waals surface area contributed by atoms with Crippen molar-refractivity contribution in [1.29, 1.82) is 0 Å². The first-order valence-corrected chi connectivity index (χ1v) is 11.3. The molecular weight excluding hydrogens is 485 g/mol. The van der Waals surface area contributed by atoms with Crippen LogP contribution >= 0.6 is 35.3 Å². The maximum atomic E-state index is 5.58. The lowest BCUT2D eigenvalue weighted by Gasteiger charge is -2.48. The van der Waals surface area contributed by atoms with Gasteiger partial charge in [0.2, 0.25) is 0 Å². The largest absolute Gasteiger partial charge is 0.379 e. The summed E-state index contributed by atoms with van der Waals surface area (Å²) in [5, 5.41) is 10.5. The second kappa shape index (κ2) is 12.3. The molecule has 1 saturated heterocycles. The number of hydrogen-bond donors (Lipinski definition) is 2. The van der Waals surface area contributed by atoms with Crippen LogP contribution in [0, 0.1) is 0 Å². The zero-order valence-electron chi connectivity index (χ0n) is 17.3. The van der Waals surface area contributed by atoms with Gasteiger partial charge in [0, 0.05) is 50.6 Å². The van der Waals surface area contributed by atoms with Gasteiger partial charge in [0.15, 0.2) is 5.96 Å². The number of aryl methyl sites for hydroxylation is 1. The van der Waals surface area contributed by atoms with E-state index < -0.39 is 0 Å². The fourth-order valence-corrected chi connectivity index (χ4v) is 5.04. The van der Waals surface area contributed by atoms with Crippen LogP contribution in [0.1, 0.15) is 49.7 Å². The molecule has 1 saturated carbocycles. The van der Waals surface area contributed by atoms with Gasteiger partial charge in [-0.15, -0.1) is 35.3 Å².